The van der Waals surface area contributed by atoms with E-state index in [2.05, 4.69) is 5.32 Å². The second-order valence-electron chi connectivity index (χ2n) is 7.26. The predicted molar refractivity (Wildman–Crippen MR) is 120 cm³/mol. The Morgan fingerprint density at radius 2 is 1.94 bits per heavy atom. The van der Waals surface area contributed by atoms with Gasteiger partial charge in [-0.3, -0.25) is 4.79 Å². The summed E-state index contributed by atoms with van der Waals surface area (Å²) in [7, 11) is 1.61. The van der Waals surface area contributed by atoms with E-state index in [1.165, 1.54) is 0 Å². The van der Waals surface area contributed by atoms with E-state index >= 15 is 0 Å². The number of hydrogen-bond donors (Lipinski definition) is 2. The fourth-order valence-electron chi connectivity index (χ4n) is 3.33. The average molecular weight is 432 g/mol. The third kappa shape index (κ3) is 5.14. The monoisotopic (exact) mass is 432 g/mol. The first-order valence-electron chi connectivity index (χ1n) is 10.2. The maximum atomic E-state index is 13.0. The van der Waals surface area contributed by atoms with Crippen LogP contribution in [0.2, 0.25) is 0 Å². The number of carbonyl (C=O) groups is 1. The molecule has 2 aromatic carbocycles. The predicted octanol–water partition coefficient (Wildman–Crippen LogP) is 3.81. The highest BCUT2D eigenvalue weighted by Crippen LogP contribution is 2.26. The van der Waals surface area contributed by atoms with Gasteiger partial charge >= 0.3 is 0 Å². The molecule has 0 aliphatic carbocycles. The number of amides is 1. The molecule has 4 rings (SSSR count). The van der Waals surface area contributed by atoms with Crippen LogP contribution in [0.15, 0.2) is 77.4 Å². The second-order valence-corrected chi connectivity index (χ2v) is 7.26. The summed E-state index contributed by atoms with van der Waals surface area (Å²) < 4.78 is 15.8. The van der Waals surface area contributed by atoms with E-state index in [9.17, 15) is 9.90 Å². The summed E-state index contributed by atoms with van der Waals surface area (Å²) >= 11 is 0. The van der Waals surface area contributed by atoms with Crippen molar-refractivity contribution in [3.63, 3.8) is 0 Å². The average Bonchev–Trinajstić information content (AvgIpc) is 3.35. The third-order valence-corrected chi connectivity index (χ3v) is 4.98. The molecule has 0 saturated heterocycles. The standard InChI is InChI=1S/C25H24N2O5/c1-30-19-10-8-17(9-11-19)24-13-22(21-6-2-3-7-23(21)27-24)25(29)26-14-18(28)15-31-16-20-5-4-12-32-20/h2-13,18,28H,14-16H2,1H3,(H,26,29). The van der Waals surface area contributed by atoms with Crippen molar-refractivity contribution in [3.05, 3.63) is 84.3 Å². The van der Waals surface area contributed by atoms with Crippen LogP contribution in [0.25, 0.3) is 22.2 Å². The van der Waals surface area contributed by atoms with Crippen LogP contribution >= 0.6 is 0 Å². The molecule has 2 heterocycles. The molecule has 0 saturated carbocycles. The third-order valence-electron chi connectivity index (χ3n) is 4.98. The Hall–Kier alpha value is -3.68. The van der Waals surface area contributed by atoms with Crippen LogP contribution in [0.3, 0.4) is 0 Å². The van der Waals surface area contributed by atoms with Gasteiger partial charge in [0.25, 0.3) is 5.91 Å². The Balaban J connectivity index is 1.47. The number of nitrogens with one attached hydrogen (secondary N) is 1. The number of methoxy groups -OCH3 is 1. The smallest absolute Gasteiger partial charge is 0.252 e. The van der Waals surface area contributed by atoms with E-state index in [-0.39, 0.29) is 25.7 Å². The molecule has 0 radical (unpaired) electrons. The number of carbonyl (C=O) groups excluding carboxylic acids is 1. The second kappa shape index (κ2) is 10.1. The molecule has 32 heavy (non-hydrogen) atoms. The van der Waals surface area contributed by atoms with Crippen molar-refractivity contribution < 1.29 is 23.8 Å². The van der Waals surface area contributed by atoms with Crippen molar-refractivity contribution in [1.29, 1.82) is 0 Å². The number of fused-ring (bicyclic) bond motifs is 1. The Kier molecular flexibility index (Phi) is 6.79. The molecule has 7 nitrogen and oxygen atoms in total. The van der Waals surface area contributed by atoms with Crippen molar-refractivity contribution in [1.82, 2.24) is 10.3 Å². The van der Waals surface area contributed by atoms with E-state index < -0.39 is 6.10 Å². The lowest BCUT2D eigenvalue weighted by molar-refractivity contribution is 0.0225. The molecule has 2 N–H and O–H groups in total. The number of aromatic nitrogens is 1. The topological polar surface area (TPSA) is 93.8 Å². The fraction of sp³-hybridized carbons (Fsp3) is 0.200. The van der Waals surface area contributed by atoms with Crippen LogP contribution in [-0.2, 0) is 11.3 Å². The van der Waals surface area contributed by atoms with Crippen LogP contribution in [-0.4, -0.2) is 42.4 Å². The number of ether oxygens (including phenoxy) is 2. The lowest BCUT2D eigenvalue weighted by Crippen LogP contribution is -2.34. The van der Waals surface area contributed by atoms with Crippen molar-refractivity contribution >= 4 is 16.8 Å². The summed E-state index contributed by atoms with van der Waals surface area (Å²) in [5, 5.41) is 13.7. The normalized spacial score (nSPS) is 11.9. The Labute approximate surface area is 185 Å². The quantitative estimate of drug-likeness (QED) is 0.418. The summed E-state index contributed by atoms with van der Waals surface area (Å²) in [5.74, 6) is 1.13. The molecule has 7 heteroatoms. The molecule has 0 aliphatic rings. The molecule has 1 amide bonds. The van der Waals surface area contributed by atoms with E-state index in [0.29, 0.717) is 22.5 Å². The van der Waals surface area contributed by atoms with E-state index in [1.54, 1.807) is 31.6 Å². The van der Waals surface area contributed by atoms with E-state index in [1.807, 2.05) is 48.5 Å². The van der Waals surface area contributed by atoms with Gasteiger partial charge in [-0.2, -0.15) is 0 Å². The highest BCUT2D eigenvalue weighted by atomic mass is 16.5. The molecule has 1 atom stereocenters. The van der Waals surface area contributed by atoms with Crippen molar-refractivity contribution in [2.24, 2.45) is 0 Å². The summed E-state index contributed by atoms with van der Waals surface area (Å²) in [4.78, 5) is 17.7. The number of rotatable bonds is 9. The van der Waals surface area contributed by atoms with Gasteiger partial charge in [-0.15, -0.1) is 0 Å². The Bertz CT molecular complexity index is 1170. The zero-order chi connectivity index (χ0) is 22.3. The maximum Gasteiger partial charge on any atom is 0.252 e. The molecule has 0 spiro atoms. The molecule has 0 aliphatic heterocycles. The van der Waals surface area contributed by atoms with Gasteiger partial charge in [0.1, 0.15) is 18.1 Å². The van der Waals surface area contributed by atoms with Crippen LogP contribution in [0.1, 0.15) is 16.1 Å². The molecule has 0 fully saturated rings. The summed E-state index contributed by atoms with van der Waals surface area (Å²) in [5.41, 5.74) is 2.76. The first-order valence-corrected chi connectivity index (χ1v) is 10.2. The zero-order valence-electron chi connectivity index (χ0n) is 17.7. The molecular formula is C25H24N2O5. The molecule has 4 aromatic rings. The summed E-state index contributed by atoms with van der Waals surface area (Å²) in [6.45, 7) is 0.402. The lowest BCUT2D eigenvalue weighted by atomic mass is 10.0. The minimum absolute atomic E-state index is 0.0610. The van der Waals surface area contributed by atoms with Gasteiger partial charge in [-0.25, -0.2) is 4.98 Å². The van der Waals surface area contributed by atoms with Gasteiger partial charge in [-0.05, 0) is 48.5 Å². The Morgan fingerprint density at radius 1 is 1.12 bits per heavy atom. The molecule has 0 bridgehead atoms. The maximum absolute atomic E-state index is 13.0. The highest BCUT2D eigenvalue weighted by molar-refractivity contribution is 6.07. The molecule has 1 unspecified atom stereocenters. The minimum Gasteiger partial charge on any atom is -0.497 e. The number of pyridine rings is 1. The first kappa shape index (κ1) is 21.5. The van der Waals surface area contributed by atoms with Gasteiger partial charge in [-0.1, -0.05) is 18.2 Å². The van der Waals surface area contributed by atoms with Crippen LogP contribution in [0, 0.1) is 0 Å². The Morgan fingerprint density at radius 3 is 2.69 bits per heavy atom. The number of aliphatic hydroxyl groups excluding tert-OH is 1. The minimum atomic E-state index is -0.844. The van der Waals surface area contributed by atoms with E-state index in [4.69, 9.17) is 18.9 Å². The van der Waals surface area contributed by atoms with Gasteiger partial charge in [0.05, 0.1) is 42.9 Å². The number of para-hydroxylation sites is 1. The number of benzene rings is 2. The van der Waals surface area contributed by atoms with Gasteiger partial charge in [0, 0.05) is 17.5 Å². The largest absolute Gasteiger partial charge is 0.497 e. The van der Waals surface area contributed by atoms with Crippen LogP contribution in [0.4, 0.5) is 0 Å². The number of aliphatic hydroxyl groups is 1. The number of furan rings is 1. The van der Waals surface area contributed by atoms with Crippen molar-refractivity contribution in [3.8, 4) is 17.0 Å². The van der Waals surface area contributed by atoms with Crippen molar-refractivity contribution in [2.45, 2.75) is 12.7 Å². The van der Waals surface area contributed by atoms with Crippen molar-refractivity contribution in [2.75, 3.05) is 20.3 Å². The van der Waals surface area contributed by atoms with Gasteiger partial charge in [0.15, 0.2) is 0 Å². The lowest BCUT2D eigenvalue weighted by Gasteiger charge is -2.14. The zero-order valence-corrected chi connectivity index (χ0v) is 17.7. The van der Waals surface area contributed by atoms with Gasteiger partial charge in [0.2, 0.25) is 0 Å². The molecule has 164 valence electrons. The van der Waals surface area contributed by atoms with E-state index in [0.717, 1.165) is 16.7 Å². The highest BCUT2D eigenvalue weighted by Gasteiger charge is 2.15. The molecule has 2 aromatic heterocycles. The fourth-order valence-corrected chi connectivity index (χ4v) is 3.33. The summed E-state index contributed by atoms with van der Waals surface area (Å²) in [6.07, 6.45) is 0.720. The first-order chi connectivity index (χ1) is 15.6. The SMILES string of the molecule is COc1ccc(-c2cc(C(=O)NCC(O)COCc3ccco3)c3ccccc3n2)cc1. The molecular weight excluding hydrogens is 408 g/mol. The summed E-state index contributed by atoms with van der Waals surface area (Å²) in [6, 6.07) is 20.3. The van der Waals surface area contributed by atoms with Crippen LogP contribution < -0.4 is 10.1 Å². The number of nitrogens with zero attached hydrogens (tertiary/aromatic N) is 1. The number of hydrogen-bond acceptors (Lipinski definition) is 6. The van der Waals surface area contributed by atoms with Crippen LogP contribution in [0.5, 0.6) is 5.75 Å². The van der Waals surface area contributed by atoms with Gasteiger partial charge < -0.3 is 24.3 Å².